The van der Waals surface area contributed by atoms with Gasteiger partial charge in [-0.25, -0.2) is 8.42 Å². The van der Waals surface area contributed by atoms with Gasteiger partial charge in [0.05, 0.1) is 16.1 Å². The predicted molar refractivity (Wildman–Crippen MR) is 93.9 cm³/mol. The van der Waals surface area contributed by atoms with Crippen LogP contribution >= 0.6 is 27.7 Å². The van der Waals surface area contributed by atoms with Crippen LogP contribution in [0.1, 0.15) is 5.56 Å². The zero-order chi connectivity index (χ0) is 16.2. The Morgan fingerprint density at radius 3 is 2.32 bits per heavy atom. The lowest BCUT2D eigenvalue weighted by Crippen LogP contribution is -1.99. The fourth-order valence-corrected chi connectivity index (χ4v) is 3.89. The third-order valence-corrected chi connectivity index (χ3v) is 5.93. The Bertz CT molecular complexity index is 764. The lowest BCUT2D eigenvalue weighted by atomic mass is 10.2. The first kappa shape index (κ1) is 17.1. The molecule has 0 aromatic heterocycles. The van der Waals surface area contributed by atoms with Crippen molar-refractivity contribution < 1.29 is 13.5 Å². The van der Waals surface area contributed by atoms with Gasteiger partial charge in [-0.3, -0.25) is 0 Å². The smallest absolute Gasteiger partial charge is 0.203 e. The Morgan fingerprint density at radius 2 is 1.73 bits per heavy atom. The number of aliphatic hydroxyl groups is 1. The van der Waals surface area contributed by atoms with Crippen molar-refractivity contribution in [2.75, 3.05) is 5.75 Å². The van der Waals surface area contributed by atoms with E-state index in [0.717, 1.165) is 20.3 Å². The van der Waals surface area contributed by atoms with E-state index in [-0.39, 0.29) is 16.4 Å². The second kappa shape index (κ2) is 7.35. The maximum Gasteiger partial charge on any atom is 0.203 e. The molecule has 0 unspecified atom stereocenters. The Morgan fingerprint density at radius 1 is 1.14 bits per heavy atom. The molecule has 116 valence electrons. The third-order valence-electron chi connectivity index (χ3n) is 2.84. The zero-order valence-corrected chi connectivity index (χ0v) is 15.1. The molecular weight excluding hydrogens is 384 g/mol. The number of aliphatic hydroxyl groups excluding tert-OH is 1. The van der Waals surface area contributed by atoms with Gasteiger partial charge in [0.15, 0.2) is 0 Å². The van der Waals surface area contributed by atoms with Gasteiger partial charge in [0, 0.05) is 9.37 Å². The van der Waals surface area contributed by atoms with Crippen LogP contribution in [0.4, 0.5) is 0 Å². The molecule has 0 aliphatic rings. The van der Waals surface area contributed by atoms with Crippen LogP contribution in [0.2, 0.25) is 0 Å². The number of benzene rings is 2. The van der Waals surface area contributed by atoms with Crippen molar-refractivity contribution >= 4 is 37.5 Å². The van der Waals surface area contributed by atoms with E-state index >= 15 is 0 Å². The number of rotatable bonds is 5. The quantitative estimate of drug-likeness (QED) is 0.584. The zero-order valence-electron chi connectivity index (χ0n) is 11.9. The maximum atomic E-state index is 12.2. The van der Waals surface area contributed by atoms with Crippen molar-refractivity contribution in [2.24, 2.45) is 0 Å². The Hall–Kier alpha value is -1.24. The molecule has 0 spiro atoms. The van der Waals surface area contributed by atoms with Crippen LogP contribution in [0, 0.1) is 6.92 Å². The molecule has 0 radical (unpaired) electrons. The van der Waals surface area contributed by atoms with Gasteiger partial charge in [-0.15, -0.1) is 11.8 Å². The van der Waals surface area contributed by atoms with Crippen LogP contribution in [-0.2, 0) is 9.84 Å². The monoisotopic (exact) mass is 398 g/mol. The van der Waals surface area contributed by atoms with Crippen LogP contribution < -0.4 is 0 Å². The first-order valence-electron chi connectivity index (χ1n) is 6.46. The first-order chi connectivity index (χ1) is 10.4. The Balaban J connectivity index is 2.07. The maximum absolute atomic E-state index is 12.2. The van der Waals surface area contributed by atoms with E-state index in [1.165, 1.54) is 23.9 Å². The van der Waals surface area contributed by atoms with Crippen molar-refractivity contribution in [2.45, 2.75) is 16.7 Å². The van der Waals surface area contributed by atoms with Crippen LogP contribution in [-0.4, -0.2) is 19.3 Å². The van der Waals surface area contributed by atoms with E-state index in [9.17, 15) is 13.5 Å². The number of halogens is 1. The van der Waals surface area contributed by atoms with E-state index in [1.54, 1.807) is 12.1 Å². The third kappa shape index (κ3) is 4.90. The SMILES string of the molecule is Cc1ccc(S(=O)(=O)C=C(O)CSc2ccc(Br)cc2)cc1. The van der Waals surface area contributed by atoms with Crippen molar-refractivity contribution in [3.63, 3.8) is 0 Å². The summed E-state index contributed by atoms with van der Waals surface area (Å²) in [6.45, 7) is 1.89. The Kier molecular flexibility index (Phi) is 5.72. The number of aryl methyl sites for hydroxylation is 1. The van der Waals surface area contributed by atoms with E-state index in [1.807, 2.05) is 31.2 Å². The summed E-state index contributed by atoms with van der Waals surface area (Å²) < 4.78 is 25.3. The number of hydrogen-bond acceptors (Lipinski definition) is 4. The highest BCUT2D eigenvalue weighted by molar-refractivity contribution is 9.10. The van der Waals surface area contributed by atoms with Crippen LogP contribution in [0.15, 0.2) is 74.0 Å². The van der Waals surface area contributed by atoms with Gasteiger partial charge in [-0.1, -0.05) is 33.6 Å². The van der Waals surface area contributed by atoms with Crippen LogP contribution in [0.3, 0.4) is 0 Å². The molecule has 0 atom stereocenters. The minimum atomic E-state index is -3.62. The normalized spacial score (nSPS) is 12.4. The standard InChI is InChI=1S/C16H15BrO3S2/c1-12-2-8-16(9-3-12)22(19,20)11-14(18)10-21-15-6-4-13(17)5-7-15/h2-9,11,18H,10H2,1H3. The summed E-state index contributed by atoms with van der Waals surface area (Å²) in [7, 11) is -3.62. The average molecular weight is 399 g/mol. The predicted octanol–water partition coefficient (Wildman–Crippen LogP) is 4.72. The van der Waals surface area contributed by atoms with Crippen molar-refractivity contribution in [1.29, 1.82) is 0 Å². The molecular formula is C16H15BrO3S2. The second-order valence-corrected chi connectivity index (χ2v) is 8.47. The van der Waals surface area contributed by atoms with E-state index in [0.29, 0.717) is 0 Å². The molecule has 0 saturated heterocycles. The van der Waals surface area contributed by atoms with Crippen LogP contribution in [0.5, 0.6) is 0 Å². The largest absolute Gasteiger partial charge is 0.511 e. The fraction of sp³-hybridized carbons (Fsp3) is 0.125. The highest BCUT2D eigenvalue weighted by Gasteiger charge is 2.12. The number of sulfone groups is 1. The van der Waals surface area contributed by atoms with E-state index in [4.69, 9.17) is 0 Å². The summed E-state index contributed by atoms with van der Waals surface area (Å²) in [6, 6.07) is 14.1. The van der Waals surface area contributed by atoms with Gasteiger partial charge in [-0.05, 0) is 43.3 Å². The van der Waals surface area contributed by atoms with Gasteiger partial charge in [0.1, 0.15) is 5.76 Å². The molecule has 0 saturated carbocycles. The molecule has 2 aromatic rings. The number of thioether (sulfide) groups is 1. The molecule has 0 heterocycles. The second-order valence-electron chi connectivity index (χ2n) is 4.71. The number of hydrogen-bond donors (Lipinski definition) is 1. The van der Waals surface area contributed by atoms with Gasteiger partial charge in [0.2, 0.25) is 9.84 Å². The minimum Gasteiger partial charge on any atom is -0.511 e. The summed E-state index contributed by atoms with van der Waals surface area (Å²) in [4.78, 5) is 1.13. The molecule has 3 nitrogen and oxygen atoms in total. The molecule has 22 heavy (non-hydrogen) atoms. The van der Waals surface area contributed by atoms with Crippen LogP contribution in [0.25, 0.3) is 0 Å². The molecule has 0 aliphatic carbocycles. The Labute approximate surface area is 143 Å². The summed E-state index contributed by atoms with van der Waals surface area (Å²) in [5, 5.41) is 10.8. The topological polar surface area (TPSA) is 54.4 Å². The molecule has 2 rings (SSSR count). The van der Waals surface area contributed by atoms with Crippen molar-refractivity contribution in [1.82, 2.24) is 0 Å². The molecule has 0 amide bonds. The molecule has 1 N–H and O–H groups in total. The van der Waals surface area contributed by atoms with Gasteiger partial charge in [-0.2, -0.15) is 0 Å². The lowest BCUT2D eigenvalue weighted by molar-refractivity contribution is 0.418. The van der Waals surface area contributed by atoms with E-state index < -0.39 is 9.84 Å². The van der Waals surface area contributed by atoms with E-state index in [2.05, 4.69) is 15.9 Å². The summed E-state index contributed by atoms with van der Waals surface area (Å²) in [5.74, 6) is 0.0284. The van der Waals surface area contributed by atoms with Gasteiger partial charge >= 0.3 is 0 Å². The molecule has 0 bridgehead atoms. The molecule has 0 aliphatic heterocycles. The van der Waals surface area contributed by atoms with Gasteiger partial charge in [0.25, 0.3) is 0 Å². The van der Waals surface area contributed by atoms with Crippen molar-refractivity contribution in [3.8, 4) is 0 Å². The highest BCUT2D eigenvalue weighted by atomic mass is 79.9. The molecule has 0 fully saturated rings. The molecule has 6 heteroatoms. The minimum absolute atomic E-state index is 0.173. The average Bonchev–Trinajstić information content (AvgIpc) is 2.46. The fourth-order valence-electron chi connectivity index (χ4n) is 1.70. The summed E-state index contributed by atoms with van der Waals surface area (Å²) in [6.07, 6.45) is 0. The lowest BCUT2D eigenvalue weighted by Gasteiger charge is -2.03. The summed E-state index contributed by atoms with van der Waals surface area (Å²) >= 11 is 4.72. The first-order valence-corrected chi connectivity index (χ1v) is 9.79. The highest BCUT2D eigenvalue weighted by Crippen LogP contribution is 2.23. The van der Waals surface area contributed by atoms with Crippen molar-refractivity contribution in [3.05, 3.63) is 69.7 Å². The summed E-state index contributed by atoms with van der Waals surface area (Å²) in [5.41, 5.74) is 0.984. The molecule has 2 aromatic carbocycles. The van der Waals surface area contributed by atoms with Gasteiger partial charge < -0.3 is 5.11 Å².